The fourth-order valence-electron chi connectivity index (χ4n) is 3.16. The number of aliphatic hydroxyl groups is 2. The largest absolute Gasteiger partial charge is 0.392 e. The monoisotopic (exact) mass is 409 g/mol. The van der Waals surface area contributed by atoms with Crippen LogP contribution in [0.15, 0.2) is 28.3 Å². The van der Waals surface area contributed by atoms with Crippen LogP contribution in [0, 0.1) is 0 Å². The van der Waals surface area contributed by atoms with Gasteiger partial charge >= 0.3 is 5.84 Å². The molecule has 28 heavy (non-hydrogen) atoms. The average molecular weight is 409 g/mol. The number of benzene rings is 1. The van der Waals surface area contributed by atoms with Crippen LogP contribution in [0.2, 0.25) is 0 Å². The molecule has 1 aromatic rings. The predicted molar refractivity (Wildman–Crippen MR) is 109 cm³/mol. The second-order valence-electron chi connectivity index (χ2n) is 6.79. The van der Waals surface area contributed by atoms with Crippen molar-refractivity contribution in [3.63, 3.8) is 0 Å². The predicted octanol–water partition coefficient (Wildman–Crippen LogP) is -0.547. The third-order valence-corrected chi connectivity index (χ3v) is 5.04. The van der Waals surface area contributed by atoms with Crippen LogP contribution in [-0.2, 0) is 10.0 Å². The Hall–Kier alpha value is -2.50. The number of hydrogen-bond acceptors (Lipinski definition) is 8. The van der Waals surface area contributed by atoms with E-state index in [0.717, 1.165) is 31.3 Å². The first kappa shape index (κ1) is 20.2. The van der Waals surface area contributed by atoms with Crippen LogP contribution in [-0.4, -0.2) is 79.7 Å². The highest BCUT2D eigenvalue weighted by Gasteiger charge is 2.23. The number of anilines is 2. The molecule has 0 bridgehead atoms. The molecule has 1 unspecified atom stereocenters. The topological polar surface area (TPSA) is 144 Å². The maximum absolute atomic E-state index is 11.8. The van der Waals surface area contributed by atoms with E-state index in [1.165, 1.54) is 10.9 Å². The van der Waals surface area contributed by atoms with Crippen molar-refractivity contribution in [1.82, 2.24) is 0 Å². The molecule has 0 aliphatic carbocycles. The molecule has 10 nitrogen and oxygen atoms in total. The van der Waals surface area contributed by atoms with Crippen molar-refractivity contribution in [2.45, 2.75) is 18.9 Å². The van der Waals surface area contributed by atoms with E-state index in [4.69, 9.17) is 10.8 Å². The zero-order valence-electron chi connectivity index (χ0n) is 15.6. The van der Waals surface area contributed by atoms with Gasteiger partial charge in [-0.3, -0.25) is 10.5 Å². The Kier molecular flexibility index (Phi) is 5.96. The lowest BCUT2D eigenvalue weighted by Crippen LogP contribution is -2.38. The number of rotatable bonds is 6. The van der Waals surface area contributed by atoms with Gasteiger partial charge in [-0.25, -0.2) is 13.4 Å². The summed E-state index contributed by atoms with van der Waals surface area (Å²) in [4.78, 5) is 6.46. The summed E-state index contributed by atoms with van der Waals surface area (Å²) < 4.78 is 27.6. The number of nitrogens with zero attached hydrogens (tertiary/aromatic N) is 4. The molecule has 11 heteroatoms. The van der Waals surface area contributed by atoms with E-state index in [1.807, 2.05) is 11.0 Å². The van der Waals surface area contributed by atoms with Crippen LogP contribution in [0.1, 0.15) is 12.8 Å². The van der Waals surface area contributed by atoms with Gasteiger partial charge in [0.15, 0.2) is 5.71 Å². The van der Waals surface area contributed by atoms with E-state index in [1.54, 1.807) is 12.1 Å². The number of hydrazone groups is 1. The van der Waals surface area contributed by atoms with E-state index in [9.17, 15) is 13.5 Å². The van der Waals surface area contributed by atoms with Crippen molar-refractivity contribution >= 4 is 44.8 Å². The Morgan fingerprint density at radius 1 is 1.46 bits per heavy atom. The highest BCUT2D eigenvalue weighted by atomic mass is 32.2. The average Bonchev–Trinajstić information content (AvgIpc) is 2.96. The van der Waals surface area contributed by atoms with Crippen molar-refractivity contribution < 1.29 is 23.3 Å². The number of amidine groups is 1. The van der Waals surface area contributed by atoms with Crippen LogP contribution in [0.5, 0.6) is 0 Å². The zero-order valence-corrected chi connectivity index (χ0v) is 16.4. The Bertz CT molecular complexity index is 941. The van der Waals surface area contributed by atoms with Crippen LogP contribution in [0.3, 0.4) is 0 Å². The van der Waals surface area contributed by atoms with Crippen LogP contribution < -0.4 is 15.4 Å². The number of hydrogen-bond donors (Lipinski definition) is 4. The van der Waals surface area contributed by atoms with Gasteiger partial charge < -0.3 is 15.1 Å². The van der Waals surface area contributed by atoms with Crippen molar-refractivity contribution in [2.24, 2.45) is 15.8 Å². The molecule has 0 radical (unpaired) electrons. The summed E-state index contributed by atoms with van der Waals surface area (Å²) in [5.41, 5.74) is 7.88. The van der Waals surface area contributed by atoms with E-state index < -0.39 is 16.1 Å². The summed E-state index contributed by atoms with van der Waals surface area (Å²) >= 11 is 0. The number of aliphatic imine (C=N–C) groups is 1. The van der Waals surface area contributed by atoms with Gasteiger partial charge in [-0.15, -0.1) is 4.68 Å². The fourth-order valence-corrected chi connectivity index (χ4v) is 3.73. The summed E-state index contributed by atoms with van der Waals surface area (Å²) in [6.07, 6.45) is 3.76. The van der Waals surface area contributed by atoms with Crippen molar-refractivity contribution in [2.75, 3.05) is 42.1 Å². The minimum atomic E-state index is -3.53. The summed E-state index contributed by atoms with van der Waals surface area (Å²) in [6, 6.07) is 5.23. The highest BCUT2D eigenvalue weighted by molar-refractivity contribution is 7.92. The molecule has 5 N–H and O–H groups in total. The van der Waals surface area contributed by atoms with Gasteiger partial charge in [0.2, 0.25) is 10.0 Å². The minimum absolute atomic E-state index is 0.109. The lowest BCUT2D eigenvalue weighted by molar-refractivity contribution is -0.532. The van der Waals surface area contributed by atoms with E-state index in [2.05, 4.69) is 14.8 Å². The number of piperidine rings is 1. The maximum Gasteiger partial charge on any atom is 0.321 e. The van der Waals surface area contributed by atoms with Gasteiger partial charge in [-0.1, -0.05) is 5.10 Å². The molecule has 0 amide bonds. The SMILES string of the molecule is CS(=O)(=O)Nc1cc(N2CCCC(O)C2)ccc1N=C1C=N[N+](CCO)=C1N. The third-order valence-electron chi connectivity index (χ3n) is 4.45. The summed E-state index contributed by atoms with van der Waals surface area (Å²) in [6.45, 7) is 1.41. The Morgan fingerprint density at radius 3 is 2.93 bits per heavy atom. The van der Waals surface area contributed by atoms with Crippen molar-refractivity contribution in [3.8, 4) is 0 Å². The second-order valence-corrected chi connectivity index (χ2v) is 8.54. The molecule has 2 heterocycles. The van der Waals surface area contributed by atoms with Gasteiger partial charge in [0.05, 0.1) is 30.3 Å². The molecule has 2 aliphatic rings. The highest BCUT2D eigenvalue weighted by Crippen LogP contribution is 2.32. The zero-order chi connectivity index (χ0) is 20.3. The van der Waals surface area contributed by atoms with Gasteiger partial charge in [0.1, 0.15) is 12.8 Å². The Morgan fingerprint density at radius 2 is 2.25 bits per heavy atom. The Labute approximate surface area is 163 Å². The summed E-state index contributed by atoms with van der Waals surface area (Å²) in [5.74, 6) is 0.280. The number of nitrogens with one attached hydrogen (secondary N) is 1. The molecule has 0 saturated carbocycles. The lowest BCUT2D eigenvalue weighted by atomic mass is 10.1. The molecule has 1 atom stereocenters. The maximum atomic E-state index is 11.8. The minimum Gasteiger partial charge on any atom is -0.392 e. The number of β-amino-alcohol motifs (C(OH)–C–C–N with tert-alkyl or cyclic N) is 2. The number of aliphatic hydroxyl groups excluding tert-OH is 2. The summed E-state index contributed by atoms with van der Waals surface area (Å²) in [7, 11) is -3.53. The smallest absolute Gasteiger partial charge is 0.321 e. The second kappa shape index (κ2) is 8.25. The number of sulfonamides is 1. The third kappa shape index (κ3) is 4.86. The first-order valence-electron chi connectivity index (χ1n) is 8.95. The standard InChI is InChI=1S/C17H24N6O4S/c1-28(26,27)21-15-9-12(22-6-2-3-13(25)11-22)4-5-14(15)20-16-10-19-23(7-8-24)17(16)18/h4-5,9-10,13,24-25H,2-3,6-8,11H2,1H3,(H2,18,19,21)/p+1. The molecule has 1 saturated heterocycles. The van der Waals surface area contributed by atoms with Gasteiger partial charge in [-0.05, 0) is 31.0 Å². The summed E-state index contributed by atoms with van der Waals surface area (Å²) in [5, 5.41) is 23.0. The van der Waals surface area contributed by atoms with Gasteiger partial charge in [0.25, 0.3) is 0 Å². The lowest BCUT2D eigenvalue weighted by Gasteiger charge is -2.32. The normalized spacial score (nSPS) is 21.6. The Balaban J connectivity index is 1.97. The molecule has 1 fully saturated rings. The molecule has 0 aromatic heterocycles. The van der Waals surface area contributed by atoms with E-state index >= 15 is 0 Å². The van der Waals surface area contributed by atoms with Crippen LogP contribution >= 0.6 is 0 Å². The quantitative estimate of drug-likeness (QED) is 0.464. The molecule has 3 rings (SSSR count). The molecular weight excluding hydrogens is 384 g/mol. The first-order chi connectivity index (χ1) is 13.3. The van der Waals surface area contributed by atoms with E-state index in [-0.39, 0.29) is 19.0 Å². The molecule has 0 spiro atoms. The molecule has 1 aromatic carbocycles. The molecule has 2 aliphatic heterocycles. The van der Waals surface area contributed by atoms with Gasteiger partial charge in [-0.2, -0.15) is 0 Å². The van der Waals surface area contributed by atoms with Crippen LogP contribution in [0.4, 0.5) is 17.1 Å². The molecular formula is C17H25N6O4S+. The first-order valence-corrected chi connectivity index (χ1v) is 10.8. The molecule has 152 valence electrons. The van der Waals surface area contributed by atoms with Crippen molar-refractivity contribution in [3.05, 3.63) is 18.2 Å². The fraction of sp³-hybridized carbons (Fsp3) is 0.471. The van der Waals surface area contributed by atoms with Crippen LogP contribution in [0.25, 0.3) is 0 Å². The number of nitrogens with two attached hydrogens (primary N) is 1. The van der Waals surface area contributed by atoms with Gasteiger partial charge in [0, 0.05) is 18.8 Å². The van der Waals surface area contributed by atoms with E-state index in [0.29, 0.717) is 23.6 Å². The van der Waals surface area contributed by atoms with Crippen molar-refractivity contribution in [1.29, 1.82) is 0 Å².